The summed E-state index contributed by atoms with van der Waals surface area (Å²) in [5, 5.41) is 2.80. The standard InChI is InChI=1S/C29H35N3O7S2/c1-38-25-14-17-27(28(20-25)39-2)31-41(36,37)26-15-12-24(13-16-26)30-29(33)23-11-6-18-32(21-23)40(34,35)19-7-10-22-8-4-3-5-9-22/h3-5,8-9,12-17,20,23,31H,6-7,10-11,18-19,21H2,1-2H3,(H,30,33). The van der Waals surface area contributed by atoms with Crippen LogP contribution in [0.25, 0.3) is 0 Å². The van der Waals surface area contributed by atoms with Gasteiger partial charge in [0.15, 0.2) is 0 Å². The Kier molecular flexibility index (Phi) is 9.90. The van der Waals surface area contributed by atoms with Gasteiger partial charge in [0.05, 0.1) is 36.5 Å². The van der Waals surface area contributed by atoms with Crippen molar-refractivity contribution in [2.24, 2.45) is 5.92 Å². The van der Waals surface area contributed by atoms with Gasteiger partial charge in [-0.3, -0.25) is 9.52 Å². The van der Waals surface area contributed by atoms with E-state index in [0.29, 0.717) is 49.4 Å². The number of benzene rings is 3. The lowest BCUT2D eigenvalue weighted by Gasteiger charge is -2.31. The number of piperidine rings is 1. The van der Waals surface area contributed by atoms with Crippen LogP contribution in [0.4, 0.5) is 11.4 Å². The normalized spacial score (nSPS) is 16.1. The van der Waals surface area contributed by atoms with E-state index in [0.717, 1.165) is 5.56 Å². The van der Waals surface area contributed by atoms with Gasteiger partial charge >= 0.3 is 0 Å². The summed E-state index contributed by atoms with van der Waals surface area (Å²) in [7, 11) is -4.50. The summed E-state index contributed by atoms with van der Waals surface area (Å²) in [4.78, 5) is 13.0. The number of sulfonamides is 2. The molecular weight excluding hydrogens is 566 g/mol. The second-order valence-corrected chi connectivity index (χ2v) is 13.6. The van der Waals surface area contributed by atoms with Gasteiger partial charge in [-0.15, -0.1) is 0 Å². The molecule has 0 radical (unpaired) electrons. The third kappa shape index (κ3) is 7.99. The zero-order valence-electron chi connectivity index (χ0n) is 23.1. The fourth-order valence-corrected chi connectivity index (χ4v) is 7.34. The van der Waals surface area contributed by atoms with Crippen molar-refractivity contribution in [3.05, 3.63) is 78.4 Å². The van der Waals surface area contributed by atoms with Crippen molar-refractivity contribution in [1.82, 2.24) is 4.31 Å². The number of carbonyl (C=O) groups excluding carboxylic acids is 1. The fraction of sp³-hybridized carbons (Fsp3) is 0.345. The van der Waals surface area contributed by atoms with Crippen molar-refractivity contribution < 1.29 is 31.1 Å². The van der Waals surface area contributed by atoms with Gasteiger partial charge < -0.3 is 14.8 Å². The Hall–Kier alpha value is -3.61. The van der Waals surface area contributed by atoms with Gasteiger partial charge in [-0.25, -0.2) is 21.1 Å². The Morgan fingerprint density at radius 1 is 0.951 bits per heavy atom. The Bertz CT molecular complexity index is 1540. The molecule has 1 atom stereocenters. The molecule has 4 rings (SSSR count). The van der Waals surface area contributed by atoms with E-state index in [-0.39, 0.29) is 28.8 Å². The highest BCUT2D eigenvalue weighted by atomic mass is 32.2. The van der Waals surface area contributed by atoms with Crippen LogP contribution in [0.3, 0.4) is 0 Å². The zero-order valence-corrected chi connectivity index (χ0v) is 24.7. The number of nitrogens with zero attached hydrogens (tertiary/aromatic N) is 1. The first-order valence-electron chi connectivity index (χ1n) is 13.3. The molecule has 0 bridgehead atoms. The van der Waals surface area contributed by atoms with E-state index in [2.05, 4.69) is 10.0 Å². The molecule has 1 amide bonds. The first-order chi connectivity index (χ1) is 19.6. The first-order valence-corrected chi connectivity index (χ1v) is 16.4. The number of rotatable bonds is 12. The third-order valence-corrected chi connectivity index (χ3v) is 10.2. The highest BCUT2D eigenvalue weighted by Crippen LogP contribution is 2.31. The van der Waals surface area contributed by atoms with Gasteiger partial charge in [-0.2, -0.15) is 0 Å². The minimum absolute atomic E-state index is 0.00110. The number of hydrogen-bond donors (Lipinski definition) is 2. The SMILES string of the molecule is COc1ccc(NS(=O)(=O)c2ccc(NC(=O)C3CCCN(S(=O)(=O)CCCc4ccccc4)C3)cc2)c(OC)c1. The summed E-state index contributed by atoms with van der Waals surface area (Å²) >= 11 is 0. The minimum atomic E-state index is -3.94. The maximum Gasteiger partial charge on any atom is 0.262 e. The van der Waals surface area contributed by atoms with Crippen LogP contribution in [0.15, 0.2) is 77.7 Å². The Labute approximate surface area is 241 Å². The number of nitrogens with one attached hydrogen (secondary N) is 2. The number of ether oxygens (including phenoxy) is 2. The Morgan fingerprint density at radius 2 is 1.68 bits per heavy atom. The van der Waals surface area contributed by atoms with E-state index in [1.165, 1.54) is 42.8 Å². The first kappa shape index (κ1) is 30.4. The molecule has 1 saturated heterocycles. The zero-order chi connectivity index (χ0) is 29.5. The Morgan fingerprint density at radius 3 is 2.37 bits per heavy atom. The largest absolute Gasteiger partial charge is 0.497 e. The molecule has 41 heavy (non-hydrogen) atoms. The van der Waals surface area contributed by atoms with Crippen LogP contribution in [0.2, 0.25) is 0 Å². The number of aryl methyl sites for hydroxylation is 1. The van der Waals surface area contributed by atoms with Gasteiger partial charge in [0.1, 0.15) is 11.5 Å². The molecular formula is C29H35N3O7S2. The van der Waals surface area contributed by atoms with Crippen LogP contribution in [-0.2, 0) is 31.3 Å². The van der Waals surface area contributed by atoms with Gasteiger partial charge in [-0.05, 0) is 67.6 Å². The molecule has 1 aliphatic heterocycles. The molecule has 2 N–H and O–H groups in total. The van der Waals surface area contributed by atoms with Crippen LogP contribution in [-0.4, -0.2) is 60.1 Å². The van der Waals surface area contributed by atoms with Gasteiger partial charge in [0.25, 0.3) is 10.0 Å². The van der Waals surface area contributed by atoms with E-state index in [9.17, 15) is 21.6 Å². The number of methoxy groups -OCH3 is 2. The predicted molar refractivity (Wildman–Crippen MR) is 158 cm³/mol. The third-order valence-electron chi connectivity index (χ3n) is 6.94. The maximum atomic E-state index is 13.0. The smallest absolute Gasteiger partial charge is 0.262 e. The van der Waals surface area contributed by atoms with Gasteiger partial charge in [0, 0.05) is 24.8 Å². The van der Waals surface area contributed by atoms with Crippen molar-refractivity contribution in [2.45, 2.75) is 30.6 Å². The summed E-state index contributed by atoms with van der Waals surface area (Å²) in [6.45, 7) is 0.523. The van der Waals surface area contributed by atoms with Crippen LogP contribution in [0.5, 0.6) is 11.5 Å². The molecule has 1 heterocycles. The lowest BCUT2D eigenvalue weighted by atomic mass is 9.99. The molecule has 3 aromatic rings. The predicted octanol–water partition coefficient (Wildman–Crippen LogP) is 4.12. The maximum absolute atomic E-state index is 13.0. The second kappa shape index (κ2) is 13.4. The molecule has 1 aliphatic rings. The average Bonchev–Trinajstić information content (AvgIpc) is 2.98. The monoisotopic (exact) mass is 601 g/mol. The average molecular weight is 602 g/mol. The molecule has 0 aliphatic carbocycles. The minimum Gasteiger partial charge on any atom is -0.497 e. The molecule has 12 heteroatoms. The van der Waals surface area contributed by atoms with E-state index in [4.69, 9.17) is 9.47 Å². The topological polar surface area (TPSA) is 131 Å². The molecule has 3 aromatic carbocycles. The van der Waals surface area contributed by atoms with E-state index < -0.39 is 26.0 Å². The van der Waals surface area contributed by atoms with Crippen molar-refractivity contribution in [3.8, 4) is 11.5 Å². The van der Waals surface area contributed by atoms with Crippen molar-refractivity contribution in [3.63, 3.8) is 0 Å². The summed E-state index contributed by atoms with van der Waals surface area (Å²) in [6.07, 6.45) is 2.34. The van der Waals surface area contributed by atoms with Gasteiger partial charge in [-0.1, -0.05) is 30.3 Å². The summed E-state index contributed by atoms with van der Waals surface area (Å²) in [5.74, 6) is 0.0529. The summed E-state index contributed by atoms with van der Waals surface area (Å²) < 4.78 is 66.1. The van der Waals surface area contributed by atoms with E-state index >= 15 is 0 Å². The lowest BCUT2D eigenvalue weighted by Crippen LogP contribution is -2.44. The molecule has 1 fully saturated rings. The van der Waals surface area contributed by atoms with Crippen molar-refractivity contribution in [2.75, 3.05) is 43.1 Å². The van der Waals surface area contributed by atoms with E-state index in [1.54, 1.807) is 18.2 Å². The van der Waals surface area contributed by atoms with Crippen molar-refractivity contribution >= 4 is 37.3 Å². The molecule has 10 nitrogen and oxygen atoms in total. The quantitative estimate of drug-likeness (QED) is 0.319. The highest BCUT2D eigenvalue weighted by molar-refractivity contribution is 7.92. The number of anilines is 2. The number of carbonyl (C=O) groups is 1. The molecule has 220 valence electrons. The highest BCUT2D eigenvalue weighted by Gasteiger charge is 2.32. The molecule has 0 spiro atoms. The fourth-order valence-electron chi connectivity index (χ4n) is 4.69. The van der Waals surface area contributed by atoms with Crippen LogP contribution in [0, 0.1) is 5.92 Å². The molecule has 1 unspecified atom stereocenters. The van der Waals surface area contributed by atoms with Crippen LogP contribution in [0.1, 0.15) is 24.8 Å². The van der Waals surface area contributed by atoms with Crippen LogP contribution >= 0.6 is 0 Å². The van der Waals surface area contributed by atoms with Gasteiger partial charge in [0.2, 0.25) is 15.9 Å². The lowest BCUT2D eigenvalue weighted by molar-refractivity contribution is -0.120. The number of amides is 1. The van der Waals surface area contributed by atoms with E-state index in [1.807, 2.05) is 30.3 Å². The summed E-state index contributed by atoms with van der Waals surface area (Å²) in [5.41, 5.74) is 1.76. The molecule has 0 aromatic heterocycles. The van der Waals surface area contributed by atoms with Crippen LogP contribution < -0.4 is 19.5 Å². The molecule has 0 saturated carbocycles. The summed E-state index contributed by atoms with van der Waals surface area (Å²) in [6, 6.07) is 20.2. The Balaban J connectivity index is 1.34. The second-order valence-electron chi connectivity index (χ2n) is 9.79. The number of hydrogen-bond acceptors (Lipinski definition) is 7. The van der Waals surface area contributed by atoms with Crippen molar-refractivity contribution in [1.29, 1.82) is 0 Å².